The SMILES string of the molecule is Cc1nc(OCc2ccc(F)cc2F)c(Br)c(=O)n1Cc1cnc(C(=O)N(C)C)cn1. The molecule has 8 nitrogen and oxygen atoms in total. The van der Waals surface area contributed by atoms with Crippen molar-refractivity contribution in [2.75, 3.05) is 14.1 Å². The van der Waals surface area contributed by atoms with Gasteiger partial charge in [-0.3, -0.25) is 19.1 Å². The van der Waals surface area contributed by atoms with E-state index in [0.29, 0.717) is 11.5 Å². The smallest absolute Gasteiger partial charge is 0.273 e. The van der Waals surface area contributed by atoms with Crippen molar-refractivity contribution < 1.29 is 18.3 Å². The van der Waals surface area contributed by atoms with E-state index < -0.39 is 17.2 Å². The number of aryl methyl sites for hydroxylation is 1. The van der Waals surface area contributed by atoms with Crippen LogP contribution < -0.4 is 10.3 Å². The summed E-state index contributed by atoms with van der Waals surface area (Å²) >= 11 is 3.17. The third-order valence-corrected chi connectivity index (χ3v) is 4.98. The van der Waals surface area contributed by atoms with Gasteiger partial charge in [0.05, 0.1) is 24.6 Å². The van der Waals surface area contributed by atoms with Crippen LogP contribution in [0, 0.1) is 18.6 Å². The molecule has 0 aliphatic rings. The van der Waals surface area contributed by atoms with Gasteiger partial charge in [-0.1, -0.05) is 0 Å². The largest absolute Gasteiger partial charge is 0.472 e. The second kappa shape index (κ2) is 9.29. The van der Waals surface area contributed by atoms with Crippen LogP contribution in [0.15, 0.2) is 39.9 Å². The molecule has 1 aromatic carbocycles. The summed E-state index contributed by atoms with van der Waals surface area (Å²) in [7, 11) is 3.22. The Morgan fingerprint density at radius 2 is 1.97 bits per heavy atom. The summed E-state index contributed by atoms with van der Waals surface area (Å²) in [6, 6.07) is 3.13. The molecule has 0 radical (unpaired) electrons. The van der Waals surface area contributed by atoms with Crippen LogP contribution in [0.4, 0.5) is 8.78 Å². The molecule has 0 N–H and O–H groups in total. The lowest BCUT2D eigenvalue weighted by molar-refractivity contribution is 0.0821. The Bertz CT molecular complexity index is 1180. The van der Waals surface area contributed by atoms with Gasteiger partial charge in [0.25, 0.3) is 11.5 Å². The Labute approximate surface area is 184 Å². The molecule has 0 bridgehead atoms. The van der Waals surface area contributed by atoms with Crippen molar-refractivity contribution in [3.05, 3.63) is 79.8 Å². The first-order valence-electron chi connectivity index (χ1n) is 9.03. The van der Waals surface area contributed by atoms with Crippen LogP contribution in [0.2, 0.25) is 0 Å². The average molecular weight is 494 g/mol. The fraction of sp³-hybridized carbons (Fsp3) is 0.250. The zero-order valence-electron chi connectivity index (χ0n) is 16.9. The molecule has 11 heteroatoms. The highest BCUT2D eigenvalue weighted by molar-refractivity contribution is 9.10. The number of amides is 1. The first kappa shape index (κ1) is 22.5. The van der Waals surface area contributed by atoms with Crippen LogP contribution in [-0.2, 0) is 13.2 Å². The summed E-state index contributed by atoms with van der Waals surface area (Å²) in [5.41, 5.74) is 0.335. The first-order chi connectivity index (χ1) is 14.7. The lowest BCUT2D eigenvalue weighted by Gasteiger charge is -2.14. The van der Waals surface area contributed by atoms with E-state index in [9.17, 15) is 18.4 Å². The number of benzene rings is 1. The highest BCUT2D eigenvalue weighted by atomic mass is 79.9. The zero-order chi connectivity index (χ0) is 22.7. The van der Waals surface area contributed by atoms with Gasteiger partial charge in [-0.15, -0.1) is 0 Å². The first-order valence-corrected chi connectivity index (χ1v) is 9.83. The van der Waals surface area contributed by atoms with Gasteiger partial charge in [0, 0.05) is 25.7 Å². The van der Waals surface area contributed by atoms with Crippen LogP contribution >= 0.6 is 15.9 Å². The Balaban J connectivity index is 1.80. The van der Waals surface area contributed by atoms with Crippen LogP contribution in [0.1, 0.15) is 27.6 Å². The summed E-state index contributed by atoms with van der Waals surface area (Å²) in [4.78, 5) is 38.6. The number of aromatic nitrogens is 4. The van der Waals surface area contributed by atoms with Crippen LogP contribution in [-0.4, -0.2) is 44.4 Å². The molecule has 0 saturated heterocycles. The van der Waals surface area contributed by atoms with Gasteiger partial charge in [0.2, 0.25) is 5.88 Å². The lowest BCUT2D eigenvalue weighted by atomic mass is 10.2. The second-order valence-electron chi connectivity index (χ2n) is 6.79. The Hall–Kier alpha value is -3.21. The Morgan fingerprint density at radius 3 is 2.58 bits per heavy atom. The molecular weight excluding hydrogens is 476 g/mol. The summed E-state index contributed by atoms with van der Waals surface area (Å²) in [5.74, 6) is -1.41. The number of hydrogen-bond donors (Lipinski definition) is 0. The number of carbonyl (C=O) groups excluding carboxylic acids is 1. The molecule has 0 saturated carbocycles. The average Bonchev–Trinajstić information content (AvgIpc) is 2.73. The van der Waals surface area contributed by atoms with Gasteiger partial charge in [-0.2, -0.15) is 4.98 Å². The fourth-order valence-electron chi connectivity index (χ4n) is 2.62. The quantitative estimate of drug-likeness (QED) is 0.524. The van der Waals surface area contributed by atoms with Crippen molar-refractivity contribution >= 4 is 21.8 Å². The van der Waals surface area contributed by atoms with E-state index in [2.05, 4.69) is 30.9 Å². The van der Waals surface area contributed by atoms with E-state index in [1.54, 1.807) is 21.0 Å². The van der Waals surface area contributed by atoms with Gasteiger partial charge in [0.1, 0.15) is 34.2 Å². The predicted molar refractivity (Wildman–Crippen MR) is 111 cm³/mol. The Kier molecular flexibility index (Phi) is 6.74. The van der Waals surface area contributed by atoms with Crippen molar-refractivity contribution in [1.82, 2.24) is 24.4 Å². The number of hydrogen-bond acceptors (Lipinski definition) is 6. The minimum Gasteiger partial charge on any atom is -0.472 e. The number of carbonyl (C=O) groups is 1. The molecule has 162 valence electrons. The topological polar surface area (TPSA) is 90.2 Å². The Morgan fingerprint density at radius 1 is 1.23 bits per heavy atom. The molecule has 0 aliphatic carbocycles. The molecule has 0 unspecified atom stereocenters. The van der Waals surface area contributed by atoms with E-state index >= 15 is 0 Å². The van der Waals surface area contributed by atoms with E-state index in [1.807, 2.05) is 0 Å². The predicted octanol–water partition coefficient (Wildman–Crippen LogP) is 2.71. The van der Waals surface area contributed by atoms with Crippen molar-refractivity contribution in [3.8, 4) is 5.88 Å². The monoisotopic (exact) mass is 493 g/mol. The lowest BCUT2D eigenvalue weighted by Crippen LogP contribution is -2.27. The van der Waals surface area contributed by atoms with Crippen LogP contribution in [0.5, 0.6) is 5.88 Å². The van der Waals surface area contributed by atoms with Gasteiger partial charge >= 0.3 is 0 Å². The number of ether oxygens (including phenoxy) is 1. The molecule has 0 atom stereocenters. The standard InChI is InChI=1S/C20H18BrF2N5O3/c1-11-26-18(31-10-12-4-5-13(22)6-15(12)23)17(21)20(30)28(11)9-14-7-25-16(8-24-14)19(29)27(2)3/h4-8H,9-10H2,1-3H3. The molecule has 2 heterocycles. The molecule has 1 amide bonds. The van der Waals surface area contributed by atoms with E-state index in [4.69, 9.17) is 4.74 Å². The molecule has 0 spiro atoms. The number of halogens is 3. The number of nitrogens with zero attached hydrogens (tertiary/aromatic N) is 5. The van der Waals surface area contributed by atoms with E-state index in [-0.39, 0.29) is 40.7 Å². The van der Waals surface area contributed by atoms with E-state index in [0.717, 1.165) is 12.1 Å². The number of rotatable bonds is 6. The van der Waals surface area contributed by atoms with Crippen LogP contribution in [0.25, 0.3) is 0 Å². The van der Waals surface area contributed by atoms with Crippen molar-refractivity contribution in [2.45, 2.75) is 20.1 Å². The summed E-state index contributed by atoms with van der Waals surface area (Å²) in [5, 5.41) is 0. The van der Waals surface area contributed by atoms with Crippen LogP contribution in [0.3, 0.4) is 0 Å². The van der Waals surface area contributed by atoms with E-state index in [1.165, 1.54) is 27.9 Å². The summed E-state index contributed by atoms with van der Waals surface area (Å²) in [6.45, 7) is 1.45. The van der Waals surface area contributed by atoms with Gasteiger partial charge in [-0.05, 0) is 35.0 Å². The van der Waals surface area contributed by atoms with Gasteiger partial charge in [0.15, 0.2) is 0 Å². The van der Waals surface area contributed by atoms with Crippen molar-refractivity contribution in [2.24, 2.45) is 0 Å². The minimum atomic E-state index is -0.754. The fourth-order valence-corrected chi connectivity index (χ4v) is 3.04. The maximum atomic E-state index is 13.8. The maximum Gasteiger partial charge on any atom is 0.273 e. The molecule has 3 rings (SSSR count). The highest BCUT2D eigenvalue weighted by Crippen LogP contribution is 2.21. The third kappa shape index (κ3) is 5.10. The molecule has 2 aromatic heterocycles. The zero-order valence-corrected chi connectivity index (χ0v) is 18.5. The van der Waals surface area contributed by atoms with Crippen molar-refractivity contribution in [3.63, 3.8) is 0 Å². The second-order valence-corrected chi connectivity index (χ2v) is 7.58. The summed E-state index contributed by atoms with van der Waals surface area (Å²) in [6.07, 6.45) is 2.76. The van der Waals surface area contributed by atoms with Gasteiger partial charge in [-0.25, -0.2) is 13.8 Å². The molecule has 31 heavy (non-hydrogen) atoms. The van der Waals surface area contributed by atoms with Gasteiger partial charge < -0.3 is 9.64 Å². The molecular formula is C20H18BrF2N5O3. The van der Waals surface area contributed by atoms with Crippen molar-refractivity contribution in [1.29, 1.82) is 0 Å². The normalized spacial score (nSPS) is 10.8. The highest BCUT2D eigenvalue weighted by Gasteiger charge is 2.16. The maximum absolute atomic E-state index is 13.8. The summed E-state index contributed by atoms with van der Waals surface area (Å²) < 4.78 is 33.7. The third-order valence-electron chi connectivity index (χ3n) is 4.30. The minimum absolute atomic E-state index is 0.0134. The molecule has 3 aromatic rings. The molecule has 0 fully saturated rings. The molecule has 0 aliphatic heterocycles.